The van der Waals surface area contributed by atoms with E-state index in [1.807, 2.05) is 35.6 Å². The van der Waals surface area contributed by atoms with Gasteiger partial charge in [0.1, 0.15) is 0 Å². The van der Waals surface area contributed by atoms with Gasteiger partial charge in [0, 0.05) is 15.7 Å². The number of anilines is 1. The van der Waals surface area contributed by atoms with Crippen molar-refractivity contribution in [2.75, 3.05) is 5.32 Å². The van der Waals surface area contributed by atoms with Crippen molar-refractivity contribution in [3.8, 4) is 0 Å². The Hall–Kier alpha value is -1.67. The minimum Gasteiger partial charge on any atom is -0.321 e. The predicted octanol–water partition coefficient (Wildman–Crippen LogP) is 4.41. The Morgan fingerprint density at radius 2 is 2.00 bits per heavy atom. The number of nitrogens with zero attached hydrogens (tertiary/aromatic N) is 1. The summed E-state index contributed by atoms with van der Waals surface area (Å²) in [7, 11) is 0. The molecule has 2 aromatic carbocycles. The number of nitro benzene ring substituents is 1. The number of nitro groups is 1. The van der Waals surface area contributed by atoms with Crippen LogP contribution in [-0.4, -0.2) is 10.8 Å². The molecule has 1 amide bonds. The van der Waals surface area contributed by atoms with Gasteiger partial charge >= 0.3 is 0 Å². The molecule has 0 aliphatic carbocycles. The van der Waals surface area contributed by atoms with Crippen LogP contribution in [0.3, 0.4) is 0 Å². The van der Waals surface area contributed by atoms with E-state index in [1.165, 1.54) is 18.2 Å². The minimum absolute atomic E-state index is 0.129. The van der Waals surface area contributed by atoms with Crippen LogP contribution in [0, 0.1) is 20.6 Å². The summed E-state index contributed by atoms with van der Waals surface area (Å²) in [4.78, 5) is 22.5. The lowest BCUT2D eigenvalue weighted by atomic mass is 10.1. The summed E-state index contributed by atoms with van der Waals surface area (Å²) in [6.07, 6.45) is 0. The van der Waals surface area contributed by atoms with Crippen LogP contribution in [0.25, 0.3) is 0 Å². The van der Waals surface area contributed by atoms with Gasteiger partial charge in [-0.25, -0.2) is 0 Å². The molecular formula is C14H10ClIN2O3. The molecule has 0 fully saturated rings. The summed E-state index contributed by atoms with van der Waals surface area (Å²) in [5.74, 6) is -0.435. The zero-order valence-corrected chi connectivity index (χ0v) is 13.8. The first-order valence-electron chi connectivity index (χ1n) is 5.90. The fourth-order valence-electron chi connectivity index (χ4n) is 1.73. The normalized spacial score (nSPS) is 10.2. The van der Waals surface area contributed by atoms with E-state index < -0.39 is 10.8 Å². The van der Waals surface area contributed by atoms with Crippen LogP contribution in [0.5, 0.6) is 0 Å². The number of amides is 1. The Kier molecular flexibility index (Phi) is 4.79. The number of nitrogens with one attached hydrogen (secondary N) is 1. The van der Waals surface area contributed by atoms with Crippen molar-refractivity contribution in [2.45, 2.75) is 6.92 Å². The highest BCUT2D eigenvalue weighted by Gasteiger charge is 2.16. The van der Waals surface area contributed by atoms with Crippen molar-refractivity contribution < 1.29 is 9.72 Å². The topological polar surface area (TPSA) is 72.2 Å². The third kappa shape index (κ3) is 3.70. The predicted molar refractivity (Wildman–Crippen MR) is 90.0 cm³/mol. The van der Waals surface area contributed by atoms with Crippen LogP contribution in [0.4, 0.5) is 11.4 Å². The second-order valence-electron chi connectivity index (χ2n) is 4.36. The van der Waals surface area contributed by atoms with E-state index in [1.54, 1.807) is 12.1 Å². The lowest BCUT2D eigenvalue weighted by Gasteiger charge is -2.09. The van der Waals surface area contributed by atoms with Crippen LogP contribution < -0.4 is 5.32 Å². The Balaban J connectivity index is 2.34. The van der Waals surface area contributed by atoms with Crippen molar-refractivity contribution in [2.24, 2.45) is 0 Å². The fourth-order valence-corrected chi connectivity index (χ4v) is 2.47. The van der Waals surface area contributed by atoms with E-state index in [-0.39, 0.29) is 11.3 Å². The number of aryl methyl sites for hydroxylation is 1. The van der Waals surface area contributed by atoms with Crippen molar-refractivity contribution in [1.29, 1.82) is 0 Å². The second-order valence-corrected chi connectivity index (χ2v) is 5.93. The van der Waals surface area contributed by atoms with Crippen molar-refractivity contribution in [1.82, 2.24) is 0 Å². The first-order valence-corrected chi connectivity index (χ1v) is 7.35. The van der Waals surface area contributed by atoms with Gasteiger partial charge < -0.3 is 5.32 Å². The second kappa shape index (κ2) is 6.40. The number of non-ortho nitro benzene ring substituents is 1. The number of halogens is 2. The summed E-state index contributed by atoms with van der Waals surface area (Å²) in [6, 6.07) is 9.40. The fraction of sp³-hybridized carbons (Fsp3) is 0.0714. The smallest absolute Gasteiger partial charge is 0.270 e. The minimum atomic E-state index is -0.535. The number of benzene rings is 2. The molecular weight excluding hydrogens is 407 g/mol. The van der Waals surface area contributed by atoms with E-state index in [2.05, 4.69) is 5.32 Å². The monoisotopic (exact) mass is 416 g/mol. The molecule has 21 heavy (non-hydrogen) atoms. The highest BCUT2D eigenvalue weighted by Crippen LogP contribution is 2.25. The molecule has 0 aliphatic heterocycles. The number of hydrogen-bond acceptors (Lipinski definition) is 3. The molecule has 0 aliphatic rings. The molecule has 2 rings (SSSR count). The Morgan fingerprint density at radius 3 is 2.67 bits per heavy atom. The number of rotatable bonds is 3. The van der Waals surface area contributed by atoms with E-state index >= 15 is 0 Å². The third-order valence-electron chi connectivity index (χ3n) is 2.78. The van der Waals surface area contributed by atoms with Crippen LogP contribution >= 0.6 is 34.2 Å². The number of carbonyl (C=O) groups is 1. The molecule has 0 heterocycles. The Morgan fingerprint density at radius 1 is 1.29 bits per heavy atom. The molecule has 0 bridgehead atoms. The van der Waals surface area contributed by atoms with Crippen LogP contribution in [-0.2, 0) is 0 Å². The number of carbonyl (C=O) groups excluding carboxylic acids is 1. The summed E-state index contributed by atoms with van der Waals surface area (Å²) < 4.78 is 0.625. The maximum absolute atomic E-state index is 12.3. The van der Waals surface area contributed by atoms with Gasteiger partial charge in [0.15, 0.2) is 0 Å². The average molecular weight is 417 g/mol. The molecule has 7 heteroatoms. The standard InChI is InChI=1S/C14H10ClIN2O3/c1-8-2-4-11(15)13(6-8)17-14(19)10-7-9(18(20)21)3-5-12(10)16/h2-7H,1H3,(H,17,19). The largest absolute Gasteiger partial charge is 0.321 e. The van der Waals surface area contributed by atoms with Gasteiger partial charge in [0.05, 0.1) is 21.2 Å². The molecule has 0 unspecified atom stereocenters. The number of hydrogen-bond donors (Lipinski definition) is 1. The van der Waals surface area contributed by atoms with Crippen molar-refractivity contribution >= 4 is 51.5 Å². The maximum atomic E-state index is 12.3. The lowest BCUT2D eigenvalue weighted by molar-refractivity contribution is -0.384. The van der Waals surface area contributed by atoms with Gasteiger partial charge in [0.2, 0.25) is 0 Å². The molecule has 108 valence electrons. The van der Waals surface area contributed by atoms with Gasteiger partial charge in [0.25, 0.3) is 11.6 Å². The first-order chi connectivity index (χ1) is 9.88. The molecule has 2 aromatic rings. The SMILES string of the molecule is Cc1ccc(Cl)c(NC(=O)c2cc([N+](=O)[O-])ccc2I)c1. The summed E-state index contributed by atoms with van der Waals surface area (Å²) in [5.41, 5.74) is 1.53. The molecule has 0 radical (unpaired) electrons. The Bertz CT molecular complexity index is 734. The summed E-state index contributed by atoms with van der Waals surface area (Å²) in [6.45, 7) is 1.88. The van der Waals surface area contributed by atoms with E-state index in [4.69, 9.17) is 11.6 Å². The molecule has 0 saturated carbocycles. The molecule has 1 N–H and O–H groups in total. The Labute approximate surface area is 139 Å². The molecule has 0 atom stereocenters. The van der Waals surface area contributed by atoms with E-state index in [9.17, 15) is 14.9 Å². The average Bonchev–Trinajstić information content (AvgIpc) is 2.43. The van der Waals surface area contributed by atoms with E-state index in [0.717, 1.165) is 5.56 Å². The van der Waals surface area contributed by atoms with Gasteiger partial charge in [-0.2, -0.15) is 0 Å². The zero-order valence-electron chi connectivity index (χ0n) is 10.9. The van der Waals surface area contributed by atoms with Gasteiger partial charge in [-0.3, -0.25) is 14.9 Å². The highest BCUT2D eigenvalue weighted by atomic mass is 127. The van der Waals surface area contributed by atoms with Gasteiger partial charge in [-0.15, -0.1) is 0 Å². The van der Waals surface area contributed by atoms with E-state index in [0.29, 0.717) is 14.3 Å². The zero-order chi connectivity index (χ0) is 15.6. The molecule has 5 nitrogen and oxygen atoms in total. The van der Waals surface area contributed by atoms with Gasteiger partial charge in [-0.1, -0.05) is 17.7 Å². The summed E-state index contributed by atoms with van der Waals surface area (Å²) in [5, 5.41) is 13.9. The van der Waals surface area contributed by atoms with Crippen molar-refractivity contribution in [3.05, 3.63) is 66.2 Å². The lowest BCUT2D eigenvalue weighted by Crippen LogP contribution is -2.14. The van der Waals surface area contributed by atoms with Crippen molar-refractivity contribution in [3.63, 3.8) is 0 Å². The molecule has 0 aromatic heterocycles. The summed E-state index contributed by atoms with van der Waals surface area (Å²) >= 11 is 7.98. The van der Waals surface area contributed by atoms with Crippen LogP contribution in [0.2, 0.25) is 5.02 Å². The third-order valence-corrected chi connectivity index (χ3v) is 4.05. The molecule has 0 saturated heterocycles. The van der Waals surface area contributed by atoms with Crippen LogP contribution in [0.15, 0.2) is 36.4 Å². The maximum Gasteiger partial charge on any atom is 0.270 e. The quantitative estimate of drug-likeness (QED) is 0.457. The molecule has 0 spiro atoms. The first kappa shape index (κ1) is 15.7. The highest BCUT2D eigenvalue weighted by molar-refractivity contribution is 14.1. The van der Waals surface area contributed by atoms with Gasteiger partial charge in [-0.05, 0) is 53.3 Å². The van der Waals surface area contributed by atoms with Crippen LogP contribution in [0.1, 0.15) is 15.9 Å².